The van der Waals surface area contributed by atoms with Crippen LogP contribution in [0, 0.1) is 12.3 Å². The predicted octanol–water partition coefficient (Wildman–Crippen LogP) is 6.30. The number of hydrogen-bond donors (Lipinski definition) is 1. The van der Waals surface area contributed by atoms with Gasteiger partial charge in [-0.2, -0.15) is 0 Å². The first-order valence-corrected chi connectivity index (χ1v) is 12.0. The number of rotatable bonds is 6. The van der Waals surface area contributed by atoms with Crippen molar-refractivity contribution in [2.24, 2.45) is 5.41 Å². The highest BCUT2D eigenvalue weighted by Crippen LogP contribution is 2.48. The van der Waals surface area contributed by atoms with Gasteiger partial charge in [0.15, 0.2) is 0 Å². The van der Waals surface area contributed by atoms with E-state index in [4.69, 9.17) is 9.72 Å². The molecular weight excluding hydrogens is 382 g/mol. The van der Waals surface area contributed by atoms with E-state index in [1.807, 2.05) is 0 Å². The van der Waals surface area contributed by atoms with Crippen LogP contribution < -0.4 is 10.1 Å². The minimum Gasteiger partial charge on any atom is -0.490 e. The average Bonchev–Trinajstić information content (AvgIpc) is 3.05. The van der Waals surface area contributed by atoms with Crippen molar-refractivity contribution in [1.82, 2.24) is 9.88 Å². The van der Waals surface area contributed by atoms with Crippen molar-refractivity contribution in [3.63, 3.8) is 0 Å². The Morgan fingerprint density at radius 2 is 1.81 bits per heavy atom. The molecule has 1 N–H and O–H groups in total. The van der Waals surface area contributed by atoms with Crippen molar-refractivity contribution in [3.8, 4) is 16.9 Å². The molecule has 0 radical (unpaired) electrons. The van der Waals surface area contributed by atoms with Crippen molar-refractivity contribution in [2.75, 3.05) is 11.9 Å². The molecule has 3 atom stereocenters. The maximum absolute atomic E-state index is 6.46. The third-order valence-electron chi connectivity index (χ3n) is 7.26. The summed E-state index contributed by atoms with van der Waals surface area (Å²) >= 11 is 0. The maximum atomic E-state index is 6.46. The van der Waals surface area contributed by atoms with Crippen molar-refractivity contribution in [3.05, 3.63) is 42.1 Å². The Morgan fingerprint density at radius 1 is 1.06 bits per heavy atom. The number of anilines is 1. The number of nitrogens with zero attached hydrogens (tertiary/aromatic N) is 2. The SMILES string of the molecule is Cc1nc(NC(C)C)ccc1-c1ccc(OC2CCC3N(C(C)C)CCC3(C)C2)cc1. The van der Waals surface area contributed by atoms with Gasteiger partial charge < -0.3 is 10.1 Å². The summed E-state index contributed by atoms with van der Waals surface area (Å²) in [6.45, 7) is 14.7. The fraction of sp³-hybridized carbons (Fsp3) is 0.593. The van der Waals surface area contributed by atoms with Crippen LogP contribution in [0.2, 0.25) is 0 Å². The third kappa shape index (κ3) is 4.74. The van der Waals surface area contributed by atoms with Gasteiger partial charge in [-0.05, 0) is 102 Å². The van der Waals surface area contributed by atoms with Gasteiger partial charge in [0.05, 0.1) is 6.10 Å². The Hall–Kier alpha value is -2.07. The monoisotopic (exact) mass is 421 g/mol. The molecule has 1 saturated heterocycles. The van der Waals surface area contributed by atoms with Gasteiger partial charge in [0, 0.05) is 29.4 Å². The lowest BCUT2D eigenvalue weighted by Crippen LogP contribution is -2.47. The normalized spacial score (nSPS) is 26.3. The molecule has 1 aliphatic heterocycles. The van der Waals surface area contributed by atoms with E-state index in [1.165, 1.54) is 30.5 Å². The number of pyridine rings is 1. The molecule has 0 spiro atoms. The lowest BCUT2D eigenvalue weighted by Gasteiger charge is -2.43. The van der Waals surface area contributed by atoms with E-state index in [0.29, 0.717) is 23.6 Å². The lowest BCUT2D eigenvalue weighted by atomic mass is 9.70. The van der Waals surface area contributed by atoms with Crippen molar-refractivity contribution >= 4 is 5.82 Å². The van der Waals surface area contributed by atoms with Crippen LogP contribution in [0.4, 0.5) is 5.82 Å². The zero-order valence-electron chi connectivity index (χ0n) is 20.1. The summed E-state index contributed by atoms with van der Waals surface area (Å²) in [5.74, 6) is 1.92. The molecule has 1 aromatic heterocycles. The third-order valence-corrected chi connectivity index (χ3v) is 7.26. The largest absolute Gasteiger partial charge is 0.490 e. The number of aryl methyl sites for hydroxylation is 1. The summed E-state index contributed by atoms with van der Waals surface area (Å²) in [7, 11) is 0. The molecule has 168 valence electrons. The highest BCUT2D eigenvalue weighted by Gasteiger charge is 2.48. The Labute approximate surface area is 188 Å². The van der Waals surface area contributed by atoms with Crippen LogP contribution in [0.1, 0.15) is 66.0 Å². The van der Waals surface area contributed by atoms with Gasteiger partial charge in [-0.25, -0.2) is 4.98 Å². The summed E-state index contributed by atoms with van der Waals surface area (Å²) in [6, 6.07) is 14.5. The standard InChI is InChI=1S/C27H39N3O/c1-18(2)28-26-14-12-24(20(5)29-26)21-7-9-22(10-8-21)31-23-11-13-25-27(6,17-23)15-16-30(25)19(3)4/h7-10,12,14,18-19,23,25H,11,13,15-17H2,1-6H3,(H,28,29). The van der Waals surface area contributed by atoms with E-state index in [0.717, 1.165) is 36.1 Å². The number of benzene rings is 1. The molecule has 2 fully saturated rings. The van der Waals surface area contributed by atoms with Crippen molar-refractivity contribution < 1.29 is 4.74 Å². The lowest BCUT2D eigenvalue weighted by molar-refractivity contribution is 0.0274. The van der Waals surface area contributed by atoms with Crippen LogP contribution in [0.3, 0.4) is 0 Å². The van der Waals surface area contributed by atoms with Crippen LogP contribution in [-0.4, -0.2) is 40.7 Å². The number of nitrogens with one attached hydrogen (secondary N) is 1. The molecule has 1 saturated carbocycles. The van der Waals surface area contributed by atoms with Gasteiger partial charge >= 0.3 is 0 Å². The Bertz CT molecular complexity index is 892. The zero-order valence-corrected chi connectivity index (χ0v) is 20.1. The van der Waals surface area contributed by atoms with E-state index in [9.17, 15) is 0 Å². The fourth-order valence-electron chi connectivity index (χ4n) is 5.69. The van der Waals surface area contributed by atoms with Gasteiger partial charge in [0.2, 0.25) is 0 Å². The second-order valence-corrected chi connectivity index (χ2v) is 10.4. The molecule has 2 aromatic rings. The van der Waals surface area contributed by atoms with Gasteiger partial charge in [0.1, 0.15) is 11.6 Å². The van der Waals surface area contributed by atoms with Crippen LogP contribution in [0.15, 0.2) is 36.4 Å². The molecule has 4 heteroatoms. The van der Waals surface area contributed by atoms with E-state index in [2.05, 4.69) is 88.2 Å². The molecule has 4 rings (SSSR count). The Balaban J connectivity index is 1.41. The molecule has 1 aliphatic carbocycles. The highest BCUT2D eigenvalue weighted by atomic mass is 16.5. The Morgan fingerprint density at radius 3 is 2.45 bits per heavy atom. The average molecular weight is 422 g/mol. The fourth-order valence-corrected chi connectivity index (χ4v) is 5.69. The van der Waals surface area contributed by atoms with Crippen LogP contribution in [0.25, 0.3) is 11.1 Å². The summed E-state index contributed by atoms with van der Waals surface area (Å²) in [4.78, 5) is 7.43. The molecule has 0 amide bonds. The minimum atomic E-state index is 0.323. The van der Waals surface area contributed by atoms with E-state index in [1.54, 1.807) is 0 Å². The summed E-state index contributed by atoms with van der Waals surface area (Å²) in [6.07, 6.45) is 5.18. The van der Waals surface area contributed by atoms with Crippen LogP contribution in [-0.2, 0) is 0 Å². The number of likely N-dealkylation sites (tertiary alicyclic amines) is 1. The minimum absolute atomic E-state index is 0.323. The van der Waals surface area contributed by atoms with Gasteiger partial charge in [-0.3, -0.25) is 4.90 Å². The summed E-state index contributed by atoms with van der Waals surface area (Å²) in [5.41, 5.74) is 3.80. The van der Waals surface area contributed by atoms with E-state index >= 15 is 0 Å². The maximum Gasteiger partial charge on any atom is 0.126 e. The molecule has 3 unspecified atom stereocenters. The number of ether oxygens (including phenoxy) is 1. The van der Waals surface area contributed by atoms with Crippen molar-refractivity contribution in [1.29, 1.82) is 0 Å². The molecule has 2 aliphatic rings. The van der Waals surface area contributed by atoms with E-state index < -0.39 is 0 Å². The predicted molar refractivity (Wildman–Crippen MR) is 130 cm³/mol. The van der Waals surface area contributed by atoms with Crippen LogP contribution in [0.5, 0.6) is 5.75 Å². The van der Waals surface area contributed by atoms with Crippen molar-refractivity contribution in [2.45, 2.75) is 91.5 Å². The first-order chi connectivity index (χ1) is 14.7. The van der Waals surface area contributed by atoms with Gasteiger partial charge in [-0.15, -0.1) is 0 Å². The molecular formula is C27H39N3O. The molecule has 4 nitrogen and oxygen atoms in total. The second-order valence-electron chi connectivity index (χ2n) is 10.4. The topological polar surface area (TPSA) is 37.4 Å². The van der Waals surface area contributed by atoms with Crippen LogP contribution >= 0.6 is 0 Å². The number of fused-ring (bicyclic) bond motifs is 1. The first kappa shape index (κ1) is 22.1. The molecule has 2 heterocycles. The smallest absolute Gasteiger partial charge is 0.126 e. The van der Waals surface area contributed by atoms with Gasteiger partial charge in [-0.1, -0.05) is 19.1 Å². The number of hydrogen-bond acceptors (Lipinski definition) is 4. The van der Waals surface area contributed by atoms with E-state index in [-0.39, 0.29) is 0 Å². The molecule has 0 bridgehead atoms. The summed E-state index contributed by atoms with van der Waals surface area (Å²) in [5, 5.41) is 3.37. The summed E-state index contributed by atoms with van der Waals surface area (Å²) < 4.78 is 6.46. The highest BCUT2D eigenvalue weighted by molar-refractivity contribution is 5.67. The second kappa shape index (κ2) is 8.82. The molecule has 31 heavy (non-hydrogen) atoms. The zero-order chi connectivity index (χ0) is 22.2. The molecule has 1 aromatic carbocycles. The number of aromatic nitrogens is 1. The van der Waals surface area contributed by atoms with Gasteiger partial charge in [0.25, 0.3) is 0 Å². The Kier molecular flexibility index (Phi) is 6.30. The first-order valence-electron chi connectivity index (χ1n) is 12.0. The quantitative estimate of drug-likeness (QED) is 0.594.